The van der Waals surface area contributed by atoms with E-state index in [4.69, 9.17) is 4.74 Å². The molecule has 3 fully saturated rings. The Morgan fingerprint density at radius 2 is 1.80 bits per heavy atom. The van der Waals surface area contributed by atoms with E-state index in [-0.39, 0.29) is 18.1 Å². The van der Waals surface area contributed by atoms with Crippen LogP contribution in [0.4, 0.5) is 4.39 Å². The van der Waals surface area contributed by atoms with Crippen molar-refractivity contribution in [3.63, 3.8) is 0 Å². The molecule has 0 N–H and O–H groups in total. The van der Waals surface area contributed by atoms with Crippen molar-refractivity contribution in [1.29, 1.82) is 0 Å². The zero-order valence-electron chi connectivity index (χ0n) is 18.0. The minimum Gasteiger partial charge on any atom is -0.353 e. The molecule has 1 aromatic carbocycles. The van der Waals surface area contributed by atoms with Crippen LogP contribution in [0.3, 0.4) is 0 Å². The predicted octanol–water partition coefficient (Wildman–Crippen LogP) is 2.74. The second-order valence-corrected chi connectivity index (χ2v) is 8.87. The van der Waals surface area contributed by atoms with Gasteiger partial charge in [-0.25, -0.2) is 4.39 Å². The number of benzene rings is 1. The molecule has 1 aromatic rings. The standard InChI is InChI=1S/C23H32FN3O3/c1-3-25-12-14-26(15-13-25)22(29)20-16-30-23(10-8-17(2)9-11-23)27(20)21(28)18-6-4-5-7-19(18)24/h4-7,17,20H,3,8-16H2,1-2H3/t17?,20-,23?/m0/s1. The summed E-state index contributed by atoms with van der Waals surface area (Å²) < 4.78 is 20.7. The Labute approximate surface area is 177 Å². The normalized spacial score (nSPS) is 30.1. The molecule has 164 valence electrons. The predicted molar refractivity (Wildman–Crippen MR) is 111 cm³/mol. The van der Waals surface area contributed by atoms with E-state index in [0.717, 1.165) is 32.5 Å². The van der Waals surface area contributed by atoms with Crippen molar-refractivity contribution in [2.75, 3.05) is 39.3 Å². The average molecular weight is 418 g/mol. The first-order valence-corrected chi connectivity index (χ1v) is 11.2. The first-order valence-electron chi connectivity index (χ1n) is 11.2. The number of halogens is 1. The lowest BCUT2D eigenvalue weighted by molar-refractivity contribution is -0.139. The van der Waals surface area contributed by atoms with Crippen LogP contribution in [0.1, 0.15) is 49.9 Å². The summed E-state index contributed by atoms with van der Waals surface area (Å²) in [5.74, 6) is -0.519. The highest BCUT2D eigenvalue weighted by Crippen LogP contribution is 2.43. The molecule has 2 heterocycles. The van der Waals surface area contributed by atoms with Crippen molar-refractivity contribution in [2.24, 2.45) is 5.92 Å². The number of piperazine rings is 1. The molecule has 30 heavy (non-hydrogen) atoms. The number of amides is 2. The highest BCUT2D eigenvalue weighted by molar-refractivity contribution is 5.98. The van der Waals surface area contributed by atoms with E-state index < -0.39 is 23.5 Å². The summed E-state index contributed by atoms with van der Waals surface area (Å²) in [5, 5.41) is 0. The van der Waals surface area contributed by atoms with Crippen LogP contribution in [0.5, 0.6) is 0 Å². The summed E-state index contributed by atoms with van der Waals surface area (Å²) in [4.78, 5) is 32.7. The maximum atomic E-state index is 14.5. The molecule has 0 bridgehead atoms. The molecule has 0 unspecified atom stereocenters. The third kappa shape index (κ3) is 3.85. The SMILES string of the molecule is CCN1CCN(C(=O)[C@@H]2COC3(CCC(C)CC3)N2C(=O)c2ccccc2F)CC1. The van der Waals surface area contributed by atoms with Crippen molar-refractivity contribution in [3.05, 3.63) is 35.6 Å². The Kier molecular flexibility index (Phi) is 6.11. The second kappa shape index (κ2) is 8.63. The quantitative estimate of drug-likeness (QED) is 0.759. The zero-order chi connectivity index (χ0) is 21.3. The summed E-state index contributed by atoms with van der Waals surface area (Å²) in [5.41, 5.74) is -0.799. The van der Waals surface area contributed by atoms with Crippen LogP contribution in [-0.2, 0) is 9.53 Å². The number of carbonyl (C=O) groups excluding carboxylic acids is 2. The summed E-state index contributed by atoms with van der Waals surface area (Å²) in [7, 11) is 0. The lowest BCUT2D eigenvalue weighted by atomic mass is 9.83. The highest BCUT2D eigenvalue weighted by Gasteiger charge is 2.54. The van der Waals surface area contributed by atoms with Gasteiger partial charge in [-0.3, -0.25) is 14.5 Å². The van der Waals surface area contributed by atoms with Gasteiger partial charge in [0.05, 0.1) is 12.2 Å². The Morgan fingerprint density at radius 1 is 1.13 bits per heavy atom. The van der Waals surface area contributed by atoms with Crippen LogP contribution in [0, 0.1) is 11.7 Å². The van der Waals surface area contributed by atoms with Gasteiger partial charge in [-0.2, -0.15) is 0 Å². The maximum Gasteiger partial charge on any atom is 0.259 e. The van der Waals surface area contributed by atoms with Crippen molar-refractivity contribution < 1.29 is 18.7 Å². The molecule has 6 nitrogen and oxygen atoms in total. The molecule has 2 aliphatic heterocycles. The van der Waals surface area contributed by atoms with Crippen LogP contribution in [0.25, 0.3) is 0 Å². The van der Waals surface area contributed by atoms with Crippen LogP contribution in [0.15, 0.2) is 24.3 Å². The summed E-state index contributed by atoms with van der Waals surface area (Å²) >= 11 is 0. The molecular formula is C23H32FN3O3. The molecule has 0 aromatic heterocycles. The number of hydrogen-bond acceptors (Lipinski definition) is 4. The van der Waals surface area contributed by atoms with Gasteiger partial charge in [0, 0.05) is 26.2 Å². The van der Waals surface area contributed by atoms with Gasteiger partial charge >= 0.3 is 0 Å². The van der Waals surface area contributed by atoms with Gasteiger partial charge in [0.25, 0.3) is 5.91 Å². The summed E-state index contributed by atoms with van der Waals surface area (Å²) in [6.45, 7) is 8.42. The first kappa shape index (κ1) is 21.2. The molecule has 1 saturated carbocycles. The Bertz CT molecular complexity index is 786. The molecule has 1 atom stereocenters. The van der Waals surface area contributed by atoms with Gasteiger partial charge in [-0.05, 0) is 50.3 Å². The summed E-state index contributed by atoms with van der Waals surface area (Å²) in [6.07, 6.45) is 3.22. The van der Waals surface area contributed by atoms with Crippen molar-refractivity contribution in [3.8, 4) is 0 Å². The third-order valence-corrected chi connectivity index (χ3v) is 7.06. The second-order valence-electron chi connectivity index (χ2n) is 8.87. The minimum absolute atomic E-state index is 0.00889. The molecular weight excluding hydrogens is 385 g/mol. The maximum absolute atomic E-state index is 14.5. The van der Waals surface area contributed by atoms with E-state index in [0.29, 0.717) is 31.8 Å². The van der Waals surface area contributed by atoms with Crippen molar-refractivity contribution >= 4 is 11.8 Å². The smallest absolute Gasteiger partial charge is 0.259 e. The van der Waals surface area contributed by atoms with Gasteiger partial charge in [0.1, 0.15) is 17.6 Å². The molecule has 2 saturated heterocycles. The lowest BCUT2D eigenvalue weighted by Gasteiger charge is -2.44. The largest absolute Gasteiger partial charge is 0.353 e. The van der Waals surface area contributed by atoms with Crippen LogP contribution < -0.4 is 0 Å². The molecule has 3 aliphatic rings. The molecule has 2 amide bonds. The highest BCUT2D eigenvalue weighted by atomic mass is 19.1. The van der Waals surface area contributed by atoms with E-state index in [1.807, 2.05) is 4.90 Å². The molecule has 1 aliphatic carbocycles. The summed E-state index contributed by atoms with van der Waals surface area (Å²) in [6, 6.07) is 5.32. The van der Waals surface area contributed by atoms with E-state index in [1.54, 1.807) is 17.0 Å². The Hall–Kier alpha value is -1.99. The fourth-order valence-corrected chi connectivity index (χ4v) is 5.03. The van der Waals surface area contributed by atoms with Crippen molar-refractivity contribution in [1.82, 2.24) is 14.7 Å². The van der Waals surface area contributed by atoms with Gasteiger partial charge in [0.2, 0.25) is 5.91 Å². The molecule has 1 spiro atoms. The van der Waals surface area contributed by atoms with Crippen LogP contribution in [0.2, 0.25) is 0 Å². The number of ether oxygens (including phenoxy) is 1. The zero-order valence-corrected chi connectivity index (χ0v) is 18.0. The fraction of sp³-hybridized carbons (Fsp3) is 0.652. The Balaban J connectivity index is 1.62. The van der Waals surface area contributed by atoms with Gasteiger partial charge < -0.3 is 14.5 Å². The lowest BCUT2D eigenvalue weighted by Crippen LogP contribution is -2.59. The number of likely N-dealkylation sites (N-methyl/N-ethyl adjacent to an activating group) is 1. The monoisotopic (exact) mass is 417 g/mol. The van der Waals surface area contributed by atoms with E-state index in [2.05, 4.69) is 18.7 Å². The first-order chi connectivity index (χ1) is 14.4. The number of rotatable bonds is 3. The Morgan fingerprint density at radius 3 is 2.43 bits per heavy atom. The van der Waals surface area contributed by atoms with Crippen LogP contribution >= 0.6 is 0 Å². The van der Waals surface area contributed by atoms with Gasteiger partial charge in [-0.1, -0.05) is 26.0 Å². The number of carbonyl (C=O) groups is 2. The van der Waals surface area contributed by atoms with Crippen LogP contribution in [-0.4, -0.2) is 77.6 Å². The van der Waals surface area contributed by atoms with E-state index in [9.17, 15) is 14.0 Å². The topological polar surface area (TPSA) is 53.1 Å². The number of nitrogens with zero attached hydrogens (tertiary/aromatic N) is 3. The minimum atomic E-state index is -0.808. The number of hydrogen-bond donors (Lipinski definition) is 0. The molecule has 0 radical (unpaired) electrons. The van der Waals surface area contributed by atoms with E-state index >= 15 is 0 Å². The third-order valence-electron chi connectivity index (χ3n) is 7.06. The molecule has 4 rings (SSSR count). The van der Waals surface area contributed by atoms with E-state index in [1.165, 1.54) is 12.1 Å². The van der Waals surface area contributed by atoms with Gasteiger partial charge in [-0.15, -0.1) is 0 Å². The fourth-order valence-electron chi connectivity index (χ4n) is 5.03. The van der Waals surface area contributed by atoms with Gasteiger partial charge in [0.15, 0.2) is 0 Å². The molecule has 7 heteroatoms. The average Bonchev–Trinajstić information content (AvgIpc) is 3.14. The van der Waals surface area contributed by atoms with Crippen molar-refractivity contribution in [2.45, 2.75) is 51.3 Å².